The van der Waals surface area contributed by atoms with E-state index in [2.05, 4.69) is 15.4 Å². The van der Waals surface area contributed by atoms with Crippen LogP contribution < -0.4 is 15.4 Å². The summed E-state index contributed by atoms with van der Waals surface area (Å²) in [6.45, 7) is 7.19. The number of hydrogen-bond donors (Lipinski definition) is 3. The fraction of sp³-hybridized carbons (Fsp3) is 0.364. The molecule has 31 heavy (non-hydrogen) atoms. The van der Waals surface area contributed by atoms with Gasteiger partial charge in [-0.3, -0.25) is 14.5 Å². The molecule has 0 heterocycles. The lowest BCUT2D eigenvalue weighted by molar-refractivity contribution is -0.122. The Hall–Kier alpha value is -2.75. The topological polar surface area (TPSA) is 108 Å². The molecule has 9 heteroatoms. The molecular weight excluding hydrogens is 416 g/mol. The van der Waals surface area contributed by atoms with E-state index >= 15 is 0 Å². The van der Waals surface area contributed by atoms with Crippen molar-refractivity contribution in [1.82, 2.24) is 9.62 Å². The van der Waals surface area contributed by atoms with Crippen LogP contribution in [0.2, 0.25) is 0 Å². The number of rotatable bonds is 9. The predicted octanol–water partition coefficient (Wildman–Crippen LogP) is 2.58. The first kappa shape index (κ1) is 24.5. The molecule has 0 saturated heterocycles. The van der Waals surface area contributed by atoms with Crippen molar-refractivity contribution in [3.8, 4) is 0 Å². The standard InChI is InChI=1S/C22H30N4O4S/c1-15(2)25-31(29,30)20-12-10-19(11-13-20)24-22(28)17(4)26(5)14-21(27)23-18-8-6-16(3)7-9-18/h6-13,15,17,25H,14H2,1-5H3,(H,23,27)(H,24,28). The number of sulfonamides is 1. The van der Waals surface area contributed by atoms with E-state index in [0.717, 1.165) is 5.56 Å². The Bertz CT molecular complexity index is 1000. The van der Waals surface area contributed by atoms with Gasteiger partial charge in [-0.05, 0) is 71.1 Å². The Morgan fingerprint density at radius 1 is 0.903 bits per heavy atom. The lowest BCUT2D eigenvalue weighted by atomic mass is 10.2. The summed E-state index contributed by atoms with van der Waals surface area (Å²) in [7, 11) is -1.90. The quantitative estimate of drug-likeness (QED) is 0.549. The van der Waals surface area contributed by atoms with Crippen LogP contribution in [-0.2, 0) is 19.6 Å². The van der Waals surface area contributed by atoms with Crippen LogP contribution in [0.3, 0.4) is 0 Å². The number of carbonyl (C=O) groups excluding carboxylic acids is 2. The van der Waals surface area contributed by atoms with Crippen molar-refractivity contribution in [2.75, 3.05) is 24.2 Å². The Balaban J connectivity index is 1.92. The molecule has 0 aromatic heterocycles. The summed E-state index contributed by atoms with van der Waals surface area (Å²) >= 11 is 0. The SMILES string of the molecule is Cc1ccc(NC(=O)CN(C)C(C)C(=O)Nc2ccc(S(=O)(=O)NC(C)C)cc2)cc1. The summed E-state index contributed by atoms with van der Waals surface area (Å²) in [4.78, 5) is 26.5. The molecule has 0 fully saturated rings. The van der Waals surface area contributed by atoms with Crippen LogP contribution in [0.1, 0.15) is 26.3 Å². The van der Waals surface area contributed by atoms with Crippen molar-refractivity contribution in [2.24, 2.45) is 0 Å². The summed E-state index contributed by atoms with van der Waals surface area (Å²) < 4.78 is 26.9. The minimum absolute atomic E-state index is 0.0422. The van der Waals surface area contributed by atoms with E-state index in [9.17, 15) is 18.0 Å². The van der Waals surface area contributed by atoms with Gasteiger partial charge in [0.15, 0.2) is 0 Å². The molecule has 2 rings (SSSR count). The molecule has 8 nitrogen and oxygen atoms in total. The summed E-state index contributed by atoms with van der Waals surface area (Å²) in [6, 6.07) is 12.6. The van der Waals surface area contributed by atoms with Crippen molar-refractivity contribution < 1.29 is 18.0 Å². The number of anilines is 2. The average Bonchev–Trinajstić information content (AvgIpc) is 2.68. The number of amides is 2. The number of carbonyl (C=O) groups is 2. The molecule has 3 N–H and O–H groups in total. The van der Waals surface area contributed by atoms with Gasteiger partial charge >= 0.3 is 0 Å². The van der Waals surface area contributed by atoms with Gasteiger partial charge in [-0.25, -0.2) is 13.1 Å². The number of nitrogens with one attached hydrogen (secondary N) is 3. The zero-order valence-corrected chi connectivity index (χ0v) is 19.3. The minimum atomic E-state index is -3.59. The Labute approximate surface area is 184 Å². The lowest BCUT2D eigenvalue weighted by Crippen LogP contribution is -2.43. The summed E-state index contributed by atoms with van der Waals surface area (Å²) in [5.74, 6) is -0.528. The fourth-order valence-electron chi connectivity index (χ4n) is 2.74. The maximum absolute atomic E-state index is 12.5. The number of hydrogen-bond acceptors (Lipinski definition) is 5. The van der Waals surface area contributed by atoms with E-state index in [1.165, 1.54) is 24.3 Å². The normalized spacial score (nSPS) is 12.6. The molecular formula is C22H30N4O4S. The minimum Gasteiger partial charge on any atom is -0.325 e. The largest absolute Gasteiger partial charge is 0.325 e. The van der Waals surface area contributed by atoms with Gasteiger partial charge in [-0.15, -0.1) is 0 Å². The van der Waals surface area contributed by atoms with Gasteiger partial charge in [0.25, 0.3) is 0 Å². The van der Waals surface area contributed by atoms with Crippen molar-refractivity contribution in [1.29, 1.82) is 0 Å². The Kier molecular flexibility index (Phi) is 8.32. The third kappa shape index (κ3) is 7.46. The second kappa shape index (κ2) is 10.5. The van der Waals surface area contributed by atoms with Crippen molar-refractivity contribution >= 4 is 33.2 Å². The van der Waals surface area contributed by atoms with Gasteiger partial charge in [-0.1, -0.05) is 17.7 Å². The van der Waals surface area contributed by atoms with Crippen molar-refractivity contribution in [3.63, 3.8) is 0 Å². The maximum atomic E-state index is 12.5. The van der Waals surface area contributed by atoms with E-state index in [-0.39, 0.29) is 29.3 Å². The monoisotopic (exact) mass is 446 g/mol. The smallest absolute Gasteiger partial charge is 0.241 e. The first-order valence-corrected chi connectivity index (χ1v) is 11.5. The molecule has 0 aliphatic heterocycles. The van der Waals surface area contributed by atoms with E-state index in [1.54, 1.807) is 32.7 Å². The van der Waals surface area contributed by atoms with Gasteiger partial charge in [0.1, 0.15) is 0 Å². The van der Waals surface area contributed by atoms with E-state index in [4.69, 9.17) is 0 Å². The zero-order chi connectivity index (χ0) is 23.2. The third-order valence-corrected chi connectivity index (χ3v) is 6.27. The maximum Gasteiger partial charge on any atom is 0.241 e. The van der Waals surface area contributed by atoms with Crippen LogP contribution in [0.5, 0.6) is 0 Å². The highest BCUT2D eigenvalue weighted by molar-refractivity contribution is 7.89. The molecule has 2 amide bonds. The molecule has 2 aromatic rings. The predicted molar refractivity (Wildman–Crippen MR) is 122 cm³/mol. The van der Waals surface area contributed by atoms with E-state index < -0.39 is 16.1 Å². The molecule has 168 valence electrons. The highest BCUT2D eigenvalue weighted by Crippen LogP contribution is 2.15. The summed E-state index contributed by atoms with van der Waals surface area (Å²) in [5, 5.41) is 5.55. The van der Waals surface area contributed by atoms with Gasteiger partial charge in [-0.2, -0.15) is 0 Å². The van der Waals surface area contributed by atoms with Crippen LogP contribution in [-0.4, -0.2) is 50.8 Å². The van der Waals surface area contributed by atoms with Crippen LogP contribution in [0.4, 0.5) is 11.4 Å². The van der Waals surface area contributed by atoms with Gasteiger partial charge in [0.2, 0.25) is 21.8 Å². The molecule has 0 spiro atoms. The third-order valence-electron chi connectivity index (χ3n) is 4.59. The Morgan fingerprint density at radius 3 is 1.97 bits per heavy atom. The number of aryl methyl sites for hydroxylation is 1. The highest BCUT2D eigenvalue weighted by atomic mass is 32.2. The average molecular weight is 447 g/mol. The summed E-state index contributed by atoms with van der Waals surface area (Å²) in [6.07, 6.45) is 0. The van der Waals surface area contributed by atoms with Crippen LogP contribution in [0, 0.1) is 6.92 Å². The summed E-state index contributed by atoms with van der Waals surface area (Å²) in [5.41, 5.74) is 2.27. The van der Waals surface area contributed by atoms with Crippen LogP contribution in [0.15, 0.2) is 53.4 Å². The first-order valence-electron chi connectivity index (χ1n) is 9.98. The van der Waals surface area contributed by atoms with E-state index in [0.29, 0.717) is 11.4 Å². The first-order chi connectivity index (χ1) is 14.5. The second-order valence-electron chi connectivity index (χ2n) is 7.79. The zero-order valence-electron chi connectivity index (χ0n) is 18.5. The molecule has 1 unspecified atom stereocenters. The lowest BCUT2D eigenvalue weighted by Gasteiger charge is -2.23. The fourth-order valence-corrected chi connectivity index (χ4v) is 3.99. The van der Waals surface area contributed by atoms with Crippen LogP contribution in [0.25, 0.3) is 0 Å². The molecule has 0 saturated carbocycles. The Morgan fingerprint density at radius 2 is 1.42 bits per heavy atom. The number of nitrogens with zero attached hydrogens (tertiary/aromatic N) is 1. The van der Waals surface area contributed by atoms with Crippen LogP contribution >= 0.6 is 0 Å². The van der Waals surface area contributed by atoms with Gasteiger partial charge < -0.3 is 10.6 Å². The molecule has 0 bridgehead atoms. The number of likely N-dealkylation sites (N-methyl/N-ethyl adjacent to an activating group) is 1. The van der Waals surface area contributed by atoms with Crippen molar-refractivity contribution in [2.45, 2.75) is 44.7 Å². The highest BCUT2D eigenvalue weighted by Gasteiger charge is 2.21. The molecule has 2 aromatic carbocycles. The van der Waals surface area contributed by atoms with Gasteiger partial charge in [0.05, 0.1) is 17.5 Å². The molecule has 0 aliphatic carbocycles. The molecule has 1 atom stereocenters. The molecule has 0 radical (unpaired) electrons. The molecule has 0 aliphatic rings. The number of benzene rings is 2. The van der Waals surface area contributed by atoms with Gasteiger partial charge in [0, 0.05) is 17.4 Å². The van der Waals surface area contributed by atoms with Crippen molar-refractivity contribution in [3.05, 3.63) is 54.1 Å². The van der Waals surface area contributed by atoms with E-state index in [1.807, 2.05) is 31.2 Å². The second-order valence-corrected chi connectivity index (χ2v) is 9.51.